The fraction of sp³-hybridized carbons (Fsp3) is 0.318. The van der Waals surface area contributed by atoms with Gasteiger partial charge in [-0.25, -0.2) is 4.39 Å². The first-order valence-corrected chi connectivity index (χ1v) is 9.59. The molecule has 1 aromatic carbocycles. The molecule has 3 aromatic rings. The Balaban J connectivity index is 1.52. The molecule has 1 saturated heterocycles. The fourth-order valence-electron chi connectivity index (χ4n) is 3.57. The van der Waals surface area contributed by atoms with E-state index in [2.05, 4.69) is 4.98 Å². The van der Waals surface area contributed by atoms with Gasteiger partial charge in [-0.1, -0.05) is 13.8 Å². The van der Waals surface area contributed by atoms with Gasteiger partial charge in [0.05, 0.1) is 17.2 Å². The van der Waals surface area contributed by atoms with Crippen LogP contribution in [0.1, 0.15) is 41.4 Å². The van der Waals surface area contributed by atoms with Crippen LogP contribution in [0.25, 0.3) is 11.1 Å². The standard InChI is InChI=1S/C22H21FN4O2/c1-14(2)20-12-19-21(29-20)18(3-4-25-19)22(28)27-7-5-26(6-8-27)17-10-15(13-24)9-16(23)11-17/h3-4,9-12,14H,5-8H2,1-2H3. The molecule has 0 spiro atoms. The number of carbonyl (C=O) groups is 1. The smallest absolute Gasteiger partial charge is 0.257 e. The fourth-order valence-corrected chi connectivity index (χ4v) is 3.57. The van der Waals surface area contributed by atoms with Gasteiger partial charge in [0.2, 0.25) is 0 Å². The van der Waals surface area contributed by atoms with Crippen LogP contribution in [0.3, 0.4) is 0 Å². The van der Waals surface area contributed by atoms with Crippen molar-refractivity contribution in [3.63, 3.8) is 0 Å². The lowest BCUT2D eigenvalue weighted by atomic mass is 10.1. The van der Waals surface area contributed by atoms with E-state index in [4.69, 9.17) is 9.68 Å². The zero-order chi connectivity index (χ0) is 20.5. The topological polar surface area (TPSA) is 73.4 Å². The molecular formula is C22H21FN4O2. The molecule has 0 radical (unpaired) electrons. The van der Waals surface area contributed by atoms with Crippen LogP contribution in [0.5, 0.6) is 0 Å². The van der Waals surface area contributed by atoms with E-state index in [0.717, 1.165) is 5.76 Å². The maximum atomic E-state index is 13.7. The monoisotopic (exact) mass is 392 g/mol. The summed E-state index contributed by atoms with van der Waals surface area (Å²) in [7, 11) is 0. The highest BCUT2D eigenvalue weighted by Crippen LogP contribution is 2.27. The highest BCUT2D eigenvalue weighted by Gasteiger charge is 2.25. The van der Waals surface area contributed by atoms with E-state index < -0.39 is 5.82 Å². The quantitative estimate of drug-likeness (QED) is 0.675. The summed E-state index contributed by atoms with van der Waals surface area (Å²) in [6.07, 6.45) is 1.63. The minimum atomic E-state index is -0.435. The van der Waals surface area contributed by atoms with Gasteiger partial charge in [0.25, 0.3) is 5.91 Å². The molecule has 0 saturated carbocycles. The average Bonchev–Trinajstić information content (AvgIpc) is 3.18. The number of fused-ring (bicyclic) bond motifs is 1. The lowest BCUT2D eigenvalue weighted by molar-refractivity contribution is 0.0747. The molecule has 4 rings (SSSR count). The van der Waals surface area contributed by atoms with Crippen molar-refractivity contribution >= 4 is 22.7 Å². The third-order valence-electron chi connectivity index (χ3n) is 5.17. The van der Waals surface area contributed by atoms with Gasteiger partial charge in [0, 0.05) is 50.0 Å². The van der Waals surface area contributed by atoms with E-state index in [1.165, 1.54) is 12.1 Å². The number of hydrogen-bond acceptors (Lipinski definition) is 5. The molecule has 0 aliphatic carbocycles. The first-order chi connectivity index (χ1) is 14.0. The number of aromatic nitrogens is 1. The Bertz CT molecular complexity index is 1110. The lowest BCUT2D eigenvalue weighted by Gasteiger charge is -2.36. The second-order valence-corrected chi connectivity index (χ2v) is 7.47. The number of pyridine rings is 1. The molecule has 6 nitrogen and oxygen atoms in total. The highest BCUT2D eigenvalue weighted by atomic mass is 19.1. The molecule has 1 fully saturated rings. The van der Waals surface area contributed by atoms with Gasteiger partial charge in [-0.2, -0.15) is 5.26 Å². The molecular weight excluding hydrogens is 371 g/mol. The van der Waals surface area contributed by atoms with Crippen LogP contribution in [0.4, 0.5) is 10.1 Å². The zero-order valence-corrected chi connectivity index (χ0v) is 16.4. The molecule has 29 heavy (non-hydrogen) atoms. The number of furan rings is 1. The normalized spacial score (nSPS) is 14.4. The average molecular weight is 392 g/mol. The lowest BCUT2D eigenvalue weighted by Crippen LogP contribution is -2.48. The Morgan fingerprint density at radius 1 is 1.21 bits per heavy atom. The van der Waals surface area contributed by atoms with Crippen molar-refractivity contribution in [2.24, 2.45) is 0 Å². The summed E-state index contributed by atoms with van der Waals surface area (Å²) in [5.41, 5.74) is 2.66. The van der Waals surface area contributed by atoms with E-state index in [1.807, 2.05) is 30.9 Å². The third kappa shape index (κ3) is 3.66. The van der Waals surface area contributed by atoms with Crippen molar-refractivity contribution in [2.75, 3.05) is 31.1 Å². The van der Waals surface area contributed by atoms with E-state index >= 15 is 0 Å². The molecule has 1 aliphatic heterocycles. The van der Waals surface area contributed by atoms with Crippen LogP contribution in [0.2, 0.25) is 0 Å². The SMILES string of the molecule is CC(C)c1cc2nccc(C(=O)N3CCN(c4cc(F)cc(C#N)c4)CC3)c2o1. The molecule has 0 atom stereocenters. The van der Waals surface area contributed by atoms with Crippen molar-refractivity contribution in [1.29, 1.82) is 5.26 Å². The number of carbonyl (C=O) groups excluding carboxylic acids is 1. The Morgan fingerprint density at radius 3 is 2.66 bits per heavy atom. The van der Waals surface area contributed by atoms with Crippen molar-refractivity contribution in [2.45, 2.75) is 19.8 Å². The van der Waals surface area contributed by atoms with Crippen LogP contribution >= 0.6 is 0 Å². The van der Waals surface area contributed by atoms with Gasteiger partial charge >= 0.3 is 0 Å². The van der Waals surface area contributed by atoms with Gasteiger partial charge in [0.15, 0.2) is 5.58 Å². The van der Waals surface area contributed by atoms with Gasteiger partial charge in [-0.3, -0.25) is 9.78 Å². The van der Waals surface area contributed by atoms with E-state index in [9.17, 15) is 9.18 Å². The molecule has 0 unspecified atom stereocenters. The molecule has 0 bridgehead atoms. The molecule has 3 heterocycles. The molecule has 0 N–H and O–H groups in total. The number of halogens is 1. The Morgan fingerprint density at radius 2 is 1.97 bits per heavy atom. The number of piperazine rings is 1. The minimum absolute atomic E-state index is 0.0985. The maximum Gasteiger partial charge on any atom is 0.257 e. The number of anilines is 1. The second-order valence-electron chi connectivity index (χ2n) is 7.47. The first kappa shape index (κ1) is 18.9. The molecule has 148 valence electrons. The third-order valence-corrected chi connectivity index (χ3v) is 5.17. The summed E-state index contributed by atoms with van der Waals surface area (Å²) in [5, 5.41) is 9.05. The second kappa shape index (κ2) is 7.55. The number of benzene rings is 1. The van der Waals surface area contributed by atoms with E-state index in [1.54, 1.807) is 23.2 Å². The number of nitriles is 1. The molecule has 1 aliphatic rings. The van der Waals surface area contributed by atoms with Crippen LogP contribution in [0, 0.1) is 17.1 Å². The number of amides is 1. The summed E-state index contributed by atoms with van der Waals surface area (Å²) in [4.78, 5) is 21.2. The predicted octanol–water partition coefficient (Wildman–Crippen LogP) is 3.92. The largest absolute Gasteiger partial charge is 0.458 e. The van der Waals surface area contributed by atoms with Crippen molar-refractivity contribution in [1.82, 2.24) is 9.88 Å². The van der Waals surface area contributed by atoms with Crippen molar-refractivity contribution in [3.05, 3.63) is 59.2 Å². The summed E-state index contributed by atoms with van der Waals surface area (Å²) in [6, 6.07) is 9.85. The molecule has 7 heteroatoms. The van der Waals surface area contributed by atoms with Gasteiger partial charge in [-0.05, 0) is 24.3 Å². The Hall–Kier alpha value is -3.40. The van der Waals surface area contributed by atoms with E-state index in [0.29, 0.717) is 48.5 Å². The summed E-state index contributed by atoms with van der Waals surface area (Å²) < 4.78 is 19.7. The summed E-state index contributed by atoms with van der Waals surface area (Å²) in [6.45, 7) is 6.18. The predicted molar refractivity (Wildman–Crippen MR) is 107 cm³/mol. The number of rotatable bonds is 3. The van der Waals surface area contributed by atoms with Crippen molar-refractivity contribution < 1.29 is 13.6 Å². The minimum Gasteiger partial charge on any atom is -0.458 e. The highest BCUT2D eigenvalue weighted by molar-refractivity contribution is 6.04. The van der Waals surface area contributed by atoms with Crippen molar-refractivity contribution in [3.8, 4) is 6.07 Å². The Labute approximate surface area is 168 Å². The summed E-state index contributed by atoms with van der Waals surface area (Å²) >= 11 is 0. The Kier molecular flexibility index (Phi) is 4.93. The van der Waals surface area contributed by atoms with Gasteiger partial charge in [0.1, 0.15) is 17.1 Å². The van der Waals surface area contributed by atoms with Crippen LogP contribution in [-0.2, 0) is 0 Å². The van der Waals surface area contributed by atoms with E-state index in [-0.39, 0.29) is 17.4 Å². The van der Waals surface area contributed by atoms with Crippen LogP contribution < -0.4 is 4.90 Å². The van der Waals surface area contributed by atoms with Gasteiger partial charge < -0.3 is 14.2 Å². The summed E-state index contributed by atoms with van der Waals surface area (Å²) in [5.74, 6) is 0.478. The maximum absolute atomic E-state index is 13.7. The van der Waals surface area contributed by atoms with Gasteiger partial charge in [-0.15, -0.1) is 0 Å². The molecule has 2 aromatic heterocycles. The van der Waals surface area contributed by atoms with Crippen LogP contribution in [0.15, 0.2) is 40.9 Å². The molecule has 1 amide bonds. The zero-order valence-electron chi connectivity index (χ0n) is 16.4. The number of hydrogen-bond donors (Lipinski definition) is 0. The number of nitrogens with zero attached hydrogens (tertiary/aromatic N) is 4. The van der Waals surface area contributed by atoms with Crippen LogP contribution in [-0.4, -0.2) is 42.0 Å². The first-order valence-electron chi connectivity index (χ1n) is 9.59.